The van der Waals surface area contributed by atoms with E-state index in [0.29, 0.717) is 27.2 Å². The molecule has 3 N–H and O–H groups in total. The number of hydrogen-bond acceptors (Lipinski definition) is 5. The summed E-state index contributed by atoms with van der Waals surface area (Å²) in [6.45, 7) is 0.191. The van der Waals surface area contributed by atoms with E-state index in [-0.39, 0.29) is 44.2 Å². The maximum atomic E-state index is 14.0. The first-order valence-corrected chi connectivity index (χ1v) is 10.4. The number of fused-ring (bicyclic) bond motifs is 1. The first-order chi connectivity index (χ1) is 15.7. The van der Waals surface area contributed by atoms with Crippen LogP contribution in [-0.4, -0.2) is 52.4 Å². The Morgan fingerprint density at radius 1 is 1.12 bits per heavy atom. The van der Waals surface area contributed by atoms with Crippen molar-refractivity contribution in [3.05, 3.63) is 58.7 Å². The monoisotopic (exact) mass is 480 g/mol. The van der Waals surface area contributed by atoms with Gasteiger partial charge in [0, 0.05) is 59.7 Å². The minimum Gasteiger partial charge on any atom is -0.465 e. The number of hydrogen-bond donors (Lipinski definition) is 3. The molecular weight excluding hydrogens is 461 g/mol. The second kappa shape index (κ2) is 8.95. The van der Waals surface area contributed by atoms with E-state index in [2.05, 4.69) is 10.3 Å². The number of aliphatic hydroxyl groups excluding tert-OH is 1. The lowest BCUT2D eigenvalue weighted by molar-refractivity contribution is -0.137. The van der Waals surface area contributed by atoms with Crippen LogP contribution in [0.5, 0.6) is 0 Å². The van der Waals surface area contributed by atoms with Gasteiger partial charge in [0.2, 0.25) is 0 Å². The molecule has 0 saturated carbocycles. The summed E-state index contributed by atoms with van der Waals surface area (Å²) in [4.78, 5) is 18.1. The molecule has 174 valence electrons. The number of carboxylic acid groups (broad SMARTS) is 1. The van der Waals surface area contributed by atoms with Gasteiger partial charge >= 0.3 is 12.3 Å². The minimum atomic E-state index is -4.62. The third-order valence-electron chi connectivity index (χ3n) is 5.54. The Bertz CT molecular complexity index is 1200. The van der Waals surface area contributed by atoms with E-state index in [1.54, 1.807) is 18.2 Å². The average Bonchev–Trinajstić information content (AvgIpc) is 2.79. The highest BCUT2D eigenvalue weighted by molar-refractivity contribution is 6.31. The maximum absolute atomic E-state index is 14.0. The standard InChI is InChI=1S/C22H20ClF3N4O3/c23-14-1-3-18-16(9-14)20(13(12-31)11-27-18)28-15-2-4-19(17(10-15)22(24,25)26)29-5-7-30(8-6-29)21(32)33/h1-4,9-11,31H,5-8,12H2,(H,27,28)(H,32,33). The van der Waals surface area contributed by atoms with Gasteiger partial charge < -0.3 is 25.3 Å². The van der Waals surface area contributed by atoms with Crippen molar-refractivity contribution < 1.29 is 28.2 Å². The number of alkyl halides is 3. The second-order valence-electron chi connectivity index (χ2n) is 7.59. The predicted octanol–water partition coefficient (Wildman–Crippen LogP) is 4.94. The molecule has 7 nitrogen and oxygen atoms in total. The van der Waals surface area contributed by atoms with Crippen LogP contribution < -0.4 is 10.2 Å². The van der Waals surface area contributed by atoms with Crippen LogP contribution in [0.15, 0.2) is 42.6 Å². The number of aliphatic hydroxyl groups is 1. The molecule has 1 fully saturated rings. The first kappa shape index (κ1) is 22.9. The Balaban J connectivity index is 1.71. The zero-order chi connectivity index (χ0) is 23.8. The van der Waals surface area contributed by atoms with Gasteiger partial charge in [0.1, 0.15) is 0 Å². The lowest BCUT2D eigenvalue weighted by Crippen LogP contribution is -2.48. The number of aromatic nitrogens is 1. The molecule has 0 bridgehead atoms. The van der Waals surface area contributed by atoms with Crippen LogP contribution in [0.3, 0.4) is 0 Å². The van der Waals surface area contributed by atoms with E-state index in [9.17, 15) is 23.1 Å². The molecule has 2 heterocycles. The smallest absolute Gasteiger partial charge is 0.418 e. The number of piperazine rings is 1. The SMILES string of the molecule is O=C(O)N1CCN(c2ccc(Nc3c(CO)cnc4ccc(Cl)cc34)cc2C(F)(F)F)CC1. The highest BCUT2D eigenvalue weighted by Gasteiger charge is 2.36. The second-order valence-corrected chi connectivity index (χ2v) is 8.03. The summed E-state index contributed by atoms with van der Waals surface area (Å²) in [7, 11) is 0. The summed E-state index contributed by atoms with van der Waals surface area (Å²) in [5, 5.41) is 22.8. The van der Waals surface area contributed by atoms with Crippen molar-refractivity contribution in [3.8, 4) is 0 Å². The quantitative estimate of drug-likeness (QED) is 0.490. The number of pyridine rings is 1. The molecule has 0 aliphatic carbocycles. The number of carbonyl (C=O) groups is 1. The largest absolute Gasteiger partial charge is 0.465 e. The minimum absolute atomic E-state index is 0.0110. The topological polar surface area (TPSA) is 88.9 Å². The number of nitrogens with zero attached hydrogens (tertiary/aromatic N) is 3. The van der Waals surface area contributed by atoms with Gasteiger partial charge in [-0.15, -0.1) is 0 Å². The molecule has 1 aliphatic heterocycles. The molecule has 2 aromatic carbocycles. The Labute approximate surface area is 192 Å². The lowest BCUT2D eigenvalue weighted by atomic mass is 10.1. The Hall–Kier alpha value is -3.24. The van der Waals surface area contributed by atoms with E-state index >= 15 is 0 Å². The highest BCUT2D eigenvalue weighted by atomic mass is 35.5. The summed E-state index contributed by atoms with van der Waals surface area (Å²) < 4.78 is 41.9. The molecule has 11 heteroatoms. The zero-order valence-electron chi connectivity index (χ0n) is 17.2. The van der Waals surface area contributed by atoms with Gasteiger partial charge in [-0.2, -0.15) is 13.2 Å². The van der Waals surface area contributed by atoms with Gasteiger partial charge in [0.05, 0.1) is 23.4 Å². The third-order valence-corrected chi connectivity index (χ3v) is 5.78. The number of benzene rings is 2. The fourth-order valence-electron chi connectivity index (χ4n) is 3.87. The molecule has 0 atom stereocenters. The molecule has 1 amide bonds. The lowest BCUT2D eigenvalue weighted by Gasteiger charge is -2.36. The number of nitrogens with one attached hydrogen (secondary N) is 1. The van der Waals surface area contributed by atoms with E-state index in [0.717, 1.165) is 6.07 Å². The molecule has 0 radical (unpaired) electrons. The maximum Gasteiger partial charge on any atom is 0.418 e. The van der Waals surface area contributed by atoms with E-state index in [1.807, 2.05) is 0 Å². The molecule has 1 saturated heterocycles. The van der Waals surface area contributed by atoms with E-state index in [4.69, 9.17) is 16.7 Å². The van der Waals surface area contributed by atoms with Crippen molar-refractivity contribution in [1.82, 2.24) is 9.88 Å². The van der Waals surface area contributed by atoms with Crippen molar-refractivity contribution in [2.45, 2.75) is 12.8 Å². The molecule has 0 spiro atoms. The summed E-state index contributed by atoms with van der Waals surface area (Å²) in [5.41, 5.74) is 0.731. The van der Waals surface area contributed by atoms with Gasteiger partial charge in [0.15, 0.2) is 0 Å². The molecule has 0 unspecified atom stereocenters. The number of amides is 1. The van der Waals surface area contributed by atoms with Crippen molar-refractivity contribution in [3.63, 3.8) is 0 Å². The van der Waals surface area contributed by atoms with E-state index < -0.39 is 17.8 Å². The molecule has 1 aliphatic rings. The van der Waals surface area contributed by atoms with Gasteiger partial charge in [0.25, 0.3) is 0 Å². The molecule has 4 rings (SSSR count). The fourth-order valence-corrected chi connectivity index (χ4v) is 4.05. The van der Waals surface area contributed by atoms with Crippen molar-refractivity contribution >= 4 is 45.7 Å². The molecule has 3 aromatic rings. The predicted molar refractivity (Wildman–Crippen MR) is 119 cm³/mol. The number of anilines is 3. The number of rotatable bonds is 4. The van der Waals surface area contributed by atoms with Crippen molar-refractivity contribution in [1.29, 1.82) is 0 Å². The summed E-state index contributed by atoms with van der Waals surface area (Å²) in [6.07, 6.45) is -4.26. The Morgan fingerprint density at radius 2 is 1.85 bits per heavy atom. The zero-order valence-corrected chi connectivity index (χ0v) is 18.0. The molecule has 1 aromatic heterocycles. The van der Waals surface area contributed by atoms with Crippen LogP contribution in [0.25, 0.3) is 10.9 Å². The third kappa shape index (κ3) is 4.76. The molecular formula is C22H20ClF3N4O3. The fraction of sp³-hybridized carbons (Fsp3) is 0.273. The van der Waals surface area contributed by atoms with Crippen LogP contribution in [-0.2, 0) is 12.8 Å². The van der Waals surface area contributed by atoms with Crippen LogP contribution in [0.4, 0.5) is 35.0 Å². The van der Waals surface area contributed by atoms with Crippen LogP contribution in [0, 0.1) is 0 Å². The van der Waals surface area contributed by atoms with Crippen molar-refractivity contribution in [2.24, 2.45) is 0 Å². The van der Waals surface area contributed by atoms with Crippen LogP contribution in [0.1, 0.15) is 11.1 Å². The average molecular weight is 481 g/mol. The highest BCUT2D eigenvalue weighted by Crippen LogP contribution is 2.40. The Morgan fingerprint density at radius 3 is 2.48 bits per heavy atom. The van der Waals surface area contributed by atoms with Gasteiger partial charge in [-0.25, -0.2) is 4.79 Å². The molecule has 33 heavy (non-hydrogen) atoms. The van der Waals surface area contributed by atoms with Crippen LogP contribution >= 0.6 is 11.6 Å². The van der Waals surface area contributed by atoms with E-state index in [1.165, 1.54) is 28.1 Å². The van der Waals surface area contributed by atoms with Gasteiger partial charge in [-0.3, -0.25) is 4.98 Å². The van der Waals surface area contributed by atoms with Crippen molar-refractivity contribution in [2.75, 3.05) is 36.4 Å². The van der Waals surface area contributed by atoms with Gasteiger partial charge in [-0.1, -0.05) is 11.6 Å². The Kier molecular flexibility index (Phi) is 6.22. The number of halogens is 4. The van der Waals surface area contributed by atoms with Crippen LogP contribution in [0.2, 0.25) is 5.02 Å². The first-order valence-electron chi connectivity index (χ1n) is 10.1. The normalized spacial score (nSPS) is 14.6. The summed E-state index contributed by atoms with van der Waals surface area (Å²) in [6, 6.07) is 8.87. The summed E-state index contributed by atoms with van der Waals surface area (Å²) >= 11 is 6.10. The summed E-state index contributed by atoms with van der Waals surface area (Å²) in [5.74, 6) is 0. The van der Waals surface area contributed by atoms with Gasteiger partial charge in [-0.05, 0) is 36.4 Å².